The van der Waals surface area contributed by atoms with E-state index in [1.807, 2.05) is 30.6 Å². The SMILES string of the molecule is CC(C)N(CCNc1nc(-c2ccc(C(=O)NC3CC3)cc2)nc2c1ncn2C1CCCCC1)C(C)C. The van der Waals surface area contributed by atoms with Gasteiger partial charge >= 0.3 is 0 Å². The van der Waals surface area contributed by atoms with E-state index in [0.29, 0.717) is 35.6 Å². The third-order valence-corrected chi connectivity index (χ3v) is 7.70. The standard InChI is InChI=1S/C29H41N7O/c1-19(2)35(20(3)4)17-16-30-27-25-28(36(18-31-25)24-8-6-5-7-9-24)34-26(33-27)21-10-12-22(13-11-21)29(37)32-23-14-15-23/h10-13,18-20,23-24H,5-9,14-17H2,1-4H3,(H,32,37)(H,30,33,34). The first-order chi connectivity index (χ1) is 17.9. The number of hydrogen-bond donors (Lipinski definition) is 2. The number of amides is 1. The molecular formula is C29H41N7O. The number of rotatable bonds is 10. The molecular weight excluding hydrogens is 462 g/mol. The van der Waals surface area contributed by atoms with Crippen LogP contribution in [0.5, 0.6) is 0 Å². The molecule has 1 aromatic carbocycles. The molecule has 8 heteroatoms. The van der Waals surface area contributed by atoms with E-state index >= 15 is 0 Å². The molecule has 0 unspecified atom stereocenters. The average Bonchev–Trinajstić information content (AvgIpc) is 3.61. The summed E-state index contributed by atoms with van der Waals surface area (Å²) in [5, 5.41) is 6.63. The summed E-state index contributed by atoms with van der Waals surface area (Å²) in [6.45, 7) is 10.6. The molecule has 2 aliphatic carbocycles. The quantitative estimate of drug-likeness (QED) is 0.384. The van der Waals surface area contributed by atoms with Gasteiger partial charge in [0.15, 0.2) is 17.3 Å². The van der Waals surface area contributed by atoms with Gasteiger partial charge in [-0.1, -0.05) is 31.4 Å². The molecule has 0 aliphatic heterocycles. The number of nitrogens with one attached hydrogen (secondary N) is 2. The van der Waals surface area contributed by atoms with Crippen molar-refractivity contribution in [1.29, 1.82) is 0 Å². The van der Waals surface area contributed by atoms with Gasteiger partial charge in [-0.3, -0.25) is 9.69 Å². The Morgan fingerprint density at radius 2 is 1.70 bits per heavy atom. The van der Waals surface area contributed by atoms with Gasteiger partial charge in [0.1, 0.15) is 5.52 Å². The van der Waals surface area contributed by atoms with Gasteiger partial charge in [-0.15, -0.1) is 0 Å². The highest BCUT2D eigenvalue weighted by Crippen LogP contribution is 2.32. The molecule has 198 valence electrons. The number of hydrogen-bond acceptors (Lipinski definition) is 6. The summed E-state index contributed by atoms with van der Waals surface area (Å²) in [4.78, 5) is 29.6. The van der Waals surface area contributed by atoms with E-state index in [1.54, 1.807) is 0 Å². The zero-order chi connectivity index (χ0) is 25.9. The molecule has 2 saturated carbocycles. The van der Waals surface area contributed by atoms with Crippen molar-refractivity contribution in [2.45, 2.75) is 96.8 Å². The highest BCUT2D eigenvalue weighted by atomic mass is 16.1. The van der Waals surface area contributed by atoms with Crippen molar-refractivity contribution in [3.8, 4) is 11.4 Å². The Hall–Kier alpha value is -3.00. The van der Waals surface area contributed by atoms with Crippen LogP contribution in [0.2, 0.25) is 0 Å². The predicted molar refractivity (Wildman–Crippen MR) is 149 cm³/mol. The van der Waals surface area contributed by atoms with Gasteiger partial charge in [-0.05, 0) is 65.5 Å². The van der Waals surface area contributed by atoms with Crippen molar-refractivity contribution in [2.24, 2.45) is 0 Å². The number of nitrogens with zero attached hydrogens (tertiary/aromatic N) is 5. The van der Waals surface area contributed by atoms with Crippen LogP contribution < -0.4 is 10.6 Å². The molecule has 3 aromatic rings. The van der Waals surface area contributed by atoms with Crippen molar-refractivity contribution in [3.63, 3.8) is 0 Å². The number of imidazole rings is 1. The van der Waals surface area contributed by atoms with E-state index in [0.717, 1.165) is 61.3 Å². The Bertz CT molecular complexity index is 1200. The fourth-order valence-corrected chi connectivity index (χ4v) is 5.48. The van der Waals surface area contributed by atoms with Crippen molar-refractivity contribution in [2.75, 3.05) is 18.4 Å². The van der Waals surface area contributed by atoms with Crippen LogP contribution in [0.4, 0.5) is 5.82 Å². The fraction of sp³-hybridized carbons (Fsp3) is 0.586. The molecule has 0 atom stereocenters. The van der Waals surface area contributed by atoms with Crippen LogP contribution in [0.3, 0.4) is 0 Å². The van der Waals surface area contributed by atoms with Gasteiger partial charge in [-0.25, -0.2) is 15.0 Å². The summed E-state index contributed by atoms with van der Waals surface area (Å²) in [5.41, 5.74) is 3.29. The van der Waals surface area contributed by atoms with Gasteiger partial charge in [0.25, 0.3) is 5.91 Å². The third-order valence-electron chi connectivity index (χ3n) is 7.70. The smallest absolute Gasteiger partial charge is 0.251 e. The second-order valence-corrected chi connectivity index (χ2v) is 11.2. The molecule has 8 nitrogen and oxygen atoms in total. The fourth-order valence-electron chi connectivity index (χ4n) is 5.48. The minimum absolute atomic E-state index is 0.0111. The Morgan fingerprint density at radius 1 is 1.00 bits per heavy atom. The summed E-state index contributed by atoms with van der Waals surface area (Å²) >= 11 is 0. The Labute approximate surface area is 220 Å². The number of anilines is 1. The molecule has 2 aromatic heterocycles. The van der Waals surface area contributed by atoms with Crippen LogP contribution in [0.1, 0.15) is 89.0 Å². The molecule has 2 fully saturated rings. The van der Waals surface area contributed by atoms with Crippen LogP contribution in [0.15, 0.2) is 30.6 Å². The van der Waals surface area contributed by atoms with E-state index < -0.39 is 0 Å². The van der Waals surface area contributed by atoms with Gasteiger partial charge < -0.3 is 15.2 Å². The summed E-state index contributed by atoms with van der Waals surface area (Å²) in [7, 11) is 0. The molecule has 0 spiro atoms. The first-order valence-corrected chi connectivity index (χ1v) is 14.1. The number of carbonyl (C=O) groups is 1. The number of fused-ring (bicyclic) bond motifs is 1. The first kappa shape index (κ1) is 25.6. The minimum atomic E-state index is -0.0111. The van der Waals surface area contributed by atoms with E-state index in [1.165, 1.54) is 19.3 Å². The highest BCUT2D eigenvalue weighted by molar-refractivity contribution is 5.95. The molecule has 5 rings (SSSR count). The molecule has 2 heterocycles. The molecule has 0 saturated heterocycles. The van der Waals surface area contributed by atoms with Gasteiger partial charge in [0.2, 0.25) is 0 Å². The van der Waals surface area contributed by atoms with Gasteiger partial charge in [-0.2, -0.15) is 0 Å². The highest BCUT2D eigenvalue weighted by Gasteiger charge is 2.24. The van der Waals surface area contributed by atoms with Crippen molar-refractivity contribution >= 4 is 22.9 Å². The molecule has 1 amide bonds. The summed E-state index contributed by atoms with van der Waals surface area (Å²) < 4.78 is 2.26. The van der Waals surface area contributed by atoms with Gasteiger partial charge in [0, 0.05) is 48.4 Å². The zero-order valence-electron chi connectivity index (χ0n) is 22.7. The van der Waals surface area contributed by atoms with E-state index in [9.17, 15) is 4.79 Å². The summed E-state index contributed by atoms with van der Waals surface area (Å²) in [6, 6.07) is 9.37. The summed E-state index contributed by atoms with van der Waals surface area (Å²) in [6.07, 6.45) is 10.2. The third kappa shape index (κ3) is 5.95. The maximum atomic E-state index is 12.5. The molecule has 37 heavy (non-hydrogen) atoms. The average molecular weight is 504 g/mol. The lowest BCUT2D eigenvalue weighted by Crippen LogP contribution is -2.40. The lowest BCUT2D eigenvalue weighted by Gasteiger charge is -2.30. The Balaban J connectivity index is 1.44. The number of carbonyl (C=O) groups excluding carboxylic acids is 1. The van der Waals surface area contributed by atoms with Crippen LogP contribution in [-0.4, -0.2) is 61.5 Å². The molecule has 0 radical (unpaired) electrons. The topological polar surface area (TPSA) is 88.0 Å². The maximum Gasteiger partial charge on any atom is 0.251 e. The van der Waals surface area contributed by atoms with E-state index in [4.69, 9.17) is 15.0 Å². The largest absolute Gasteiger partial charge is 0.367 e. The second-order valence-electron chi connectivity index (χ2n) is 11.2. The normalized spacial score (nSPS) is 16.7. The summed E-state index contributed by atoms with van der Waals surface area (Å²) in [5.74, 6) is 1.42. The van der Waals surface area contributed by atoms with Crippen LogP contribution >= 0.6 is 0 Å². The van der Waals surface area contributed by atoms with Crippen molar-refractivity contribution in [1.82, 2.24) is 29.7 Å². The predicted octanol–water partition coefficient (Wildman–Crippen LogP) is 5.42. The van der Waals surface area contributed by atoms with Gasteiger partial charge in [0.05, 0.1) is 6.33 Å². The molecule has 0 bridgehead atoms. The van der Waals surface area contributed by atoms with Crippen molar-refractivity contribution < 1.29 is 4.79 Å². The maximum absolute atomic E-state index is 12.5. The zero-order valence-corrected chi connectivity index (χ0v) is 22.7. The first-order valence-electron chi connectivity index (χ1n) is 14.1. The van der Waals surface area contributed by atoms with Crippen LogP contribution in [0, 0.1) is 0 Å². The molecule has 2 aliphatic rings. The minimum Gasteiger partial charge on any atom is -0.367 e. The number of aromatic nitrogens is 4. The number of benzene rings is 1. The van der Waals surface area contributed by atoms with E-state index in [-0.39, 0.29) is 5.91 Å². The Kier molecular flexibility index (Phi) is 7.74. The lowest BCUT2D eigenvalue weighted by molar-refractivity contribution is 0.0951. The van der Waals surface area contributed by atoms with Crippen molar-refractivity contribution in [3.05, 3.63) is 36.2 Å². The monoisotopic (exact) mass is 503 g/mol. The molecule has 2 N–H and O–H groups in total. The lowest BCUT2D eigenvalue weighted by atomic mass is 9.95. The van der Waals surface area contributed by atoms with Crippen LogP contribution in [-0.2, 0) is 0 Å². The Morgan fingerprint density at radius 3 is 2.35 bits per heavy atom. The van der Waals surface area contributed by atoms with E-state index in [2.05, 4.69) is 47.8 Å². The van der Waals surface area contributed by atoms with Crippen LogP contribution in [0.25, 0.3) is 22.6 Å². The second kappa shape index (κ2) is 11.2.